The summed E-state index contributed by atoms with van der Waals surface area (Å²) in [6.45, 7) is 0.715. The van der Waals surface area contributed by atoms with Crippen LogP contribution in [-0.4, -0.2) is 101 Å². The number of esters is 2. The molecule has 0 radical (unpaired) electrons. The summed E-state index contributed by atoms with van der Waals surface area (Å²) in [5.41, 5.74) is -3.71. The Morgan fingerprint density at radius 3 is 2.49 bits per heavy atom. The van der Waals surface area contributed by atoms with Gasteiger partial charge in [0, 0.05) is 19.4 Å². The molecule has 0 spiro atoms. The number of methoxy groups -OCH3 is 1. The van der Waals surface area contributed by atoms with Crippen LogP contribution < -0.4 is 0 Å². The van der Waals surface area contributed by atoms with E-state index in [1.807, 2.05) is 0 Å². The smallest absolute Gasteiger partial charge is 0.338 e. The normalized spacial score (nSPS) is 46.0. The number of aliphatic hydroxyl groups excluding tert-OH is 4. The molecular formula is C24H30O11. The molecule has 4 N–H and O–H groups in total. The van der Waals surface area contributed by atoms with Gasteiger partial charge in [0.2, 0.25) is 0 Å². The Balaban J connectivity index is 1.48. The van der Waals surface area contributed by atoms with Crippen LogP contribution in [0.15, 0.2) is 30.3 Å². The van der Waals surface area contributed by atoms with Crippen molar-refractivity contribution in [2.75, 3.05) is 20.3 Å². The molecule has 0 unspecified atom stereocenters. The molecule has 11 heteroatoms. The van der Waals surface area contributed by atoms with Crippen molar-refractivity contribution < 1.29 is 53.7 Å². The summed E-state index contributed by atoms with van der Waals surface area (Å²) in [4.78, 5) is 26.1. The Hall–Kier alpha value is -2.12. The Morgan fingerprint density at radius 2 is 1.83 bits per heavy atom. The van der Waals surface area contributed by atoms with Crippen LogP contribution >= 0.6 is 0 Å². The van der Waals surface area contributed by atoms with Crippen LogP contribution in [-0.2, 0) is 28.5 Å². The molecule has 3 saturated carbocycles. The quantitative estimate of drug-likeness (QED) is 0.349. The van der Waals surface area contributed by atoms with Crippen LogP contribution in [0, 0.1) is 11.3 Å². The summed E-state index contributed by atoms with van der Waals surface area (Å²) in [5.74, 6) is -1.63. The largest absolute Gasteiger partial charge is 0.461 e. The second-order valence-electron chi connectivity index (χ2n) is 9.96. The Labute approximate surface area is 201 Å². The van der Waals surface area contributed by atoms with E-state index in [2.05, 4.69) is 0 Å². The van der Waals surface area contributed by atoms with Gasteiger partial charge in [-0.15, -0.1) is 0 Å². The summed E-state index contributed by atoms with van der Waals surface area (Å²) in [6.07, 6.45) is -7.33. The van der Waals surface area contributed by atoms with Crippen molar-refractivity contribution in [3.05, 3.63) is 35.9 Å². The number of fused-ring (bicyclic) bond motifs is 1. The molecule has 0 amide bonds. The molecule has 10 atom stereocenters. The first-order valence-electron chi connectivity index (χ1n) is 11.6. The monoisotopic (exact) mass is 494 g/mol. The van der Waals surface area contributed by atoms with E-state index in [0.29, 0.717) is 12.0 Å². The minimum atomic E-state index is -1.66. The van der Waals surface area contributed by atoms with Crippen molar-refractivity contribution >= 4 is 11.9 Å². The molecule has 2 aliphatic heterocycles. The van der Waals surface area contributed by atoms with Gasteiger partial charge in [0.05, 0.1) is 18.3 Å². The number of aliphatic hydroxyl groups is 4. The van der Waals surface area contributed by atoms with E-state index in [4.69, 9.17) is 23.7 Å². The van der Waals surface area contributed by atoms with E-state index in [0.717, 1.165) is 0 Å². The molecule has 2 saturated heterocycles. The fourth-order valence-electron chi connectivity index (χ4n) is 6.41. The highest BCUT2D eigenvalue weighted by Gasteiger charge is 2.88. The van der Waals surface area contributed by atoms with Crippen LogP contribution in [0.2, 0.25) is 0 Å². The third kappa shape index (κ3) is 3.23. The van der Waals surface area contributed by atoms with Gasteiger partial charge in [-0.2, -0.15) is 0 Å². The lowest BCUT2D eigenvalue weighted by Crippen LogP contribution is -2.80. The minimum absolute atomic E-state index is 0.283. The SMILES string of the molecule is CO[C@@H]1C[C@]2(C)OC(=O)[C@]3(COC(=O)c4ccccc4)[C@H]1C[C@]23O[C@@H]1O[C@H](CO)[C@@H](O)[C@H](O)[C@H]1O. The average Bonchev–Trinajstić information content (AvgIpc) is 2.92. The number of hydrogen-bond donors (Lipinski definition) is 4. The van der Waals surface area contributed by atoms with Gasteiger partial charge in [0.1, 0.15) is 47.6 Å². The van der Waals surface area contributed by atoms with E-state index < -0.39 is 71.8 Å². The third-order valence-electron chi connectivity index (χ3n) is 8.35. The molecule has 192 valence electrons. The number of rotatable bonds is 7. The number of ether oxygens (including phenoxy) is 5. The zero-order valence-corrected chi connectivity index (χ0v) is 19.4. The van der Waals surface area contributed by atoms with Crippen LogP contribution in [0.25, 0.3) is 0 Å². The standard InChI is InChI=1S/C24H30O11/c1-22-9-14(31-2)13-8-24(22,34-20-18(28)17(27)16(26)15(10-25)33-20)23(13,21(30)35-22)11-32-19(29)12-6-4-3-5-7-12/h3-7,13-18,20,25-28H,8-11H2,1-2H3/t13-,14+,15+,16+,17-,18+,20-,22-,23-,24-/m0/s1. The number of hydrogen-bond acceptors (Lipinski definition) is 11. The maximum Gasteiger partial charge on any atom is 0.338 e. The molecule has 4 bridgehead atoms. The molecule has 1 aromatic carbocycles. The highest BCUT2D eigenvalue weighted by Crippen LogP contribution is 2.73. The third-order valence-corrected chi connectivity index (χ3v) is 8.35. The Bertz CT molecular complexity index is 985. The van der Waals surface area contributed by atoms with Crippen molar-refractivity contribution in [2.24, 2.45) is 11.3 Å². The Morgan fingerprint density at radius 1 is 1.11 bits per heavy atom. The first kappa shape index (κ1) is 24.6. The zero-order valence-electron chi connectivity index (χ0n) is 19.4. The van der Waals surface area contributed by atoms with E-state index in [1.54, 1.807) is 37.3 Å². The van der Waals surface area contributed by atoms with Gasteiger partial charge in [-0.25, -0.2) is 4.79 Å². The first-order valence-corrected chi connectivity index (χ1v) is 11.6. The van der Waals surface area contributed by atoms with Gasteiger partial charge >= 0.3 is 11.9 Å². The van der Waals surface area contributed by atoms with Gasteiger partial charge < -0.3 is 44.1 Å². The maximum absolute atomic E-state index is 13.4. The van der Waals surface area contributed by atoms with E-state index in [1.165, 1.54) is 7.11 Å². The Kier molecular flexibility index (Phi) is 5.95. The predicted molar refractivity (Wildman–Crippen MR) is 115 cm³/mol. The summed E-state index contributed by atoms with van der Waals surface area (Å²) < 4.78 is 29.0. The first-order chi connectivity index (χ1) is 16.6. The van der Waals surface area contributed by atoms with Gasteiger partial charge in [-0.1, -0.05) is 18.2 Å². The lowest BCUT2D eigenvalue weighted by atomic mass is 9.40. The fourth-order valence-corrected chi connectivity index (χ4v) is 6.41. The molecule has 6 rings (SSSR count). The summed E-state index contributed by atoms with van der Waals surface area (Å²) in [6, 6.07) is 8.34. The lowest BCUT2D eigenvalue weighted by Gasteiger charge is -2.66. The van der Waals surface area contributed by atoms with Gasteiger partial charge in [-0.3, -0.25) is 4.79 Å². The van der Waals surface area contributed by atoms with Gasteiger partial charge in [0.15, 0.2) is 6.29 Å². The van der Waals surface area contributed by atoms with E-state index in [-0.39, 0.29) is 19.1 Å². The summed E-state index contributed by atoms with van der Waals surface area (Å²) >= 11 is 0. The molecule has 3 aliphatic carbocycles. The van der Waals surface area contributed by atoms with Crippen molar-refractivity contribution in [2.45, 2.75) is 67.8 Å². The second-order valence-corrected chi connectivity index (χ2v) is 9.96. The van der Waals surface area contributed by atoms with Crippen molar-refractivity contribution in [1.29, 1.82) is 0 Å². The van der Waals surface area contributed by atoms with E-state index in [9.17, 15) is 30.0 Å². The molecular weight excluding hydrogens is 464 g/mol. The molecule has 2 heterocycles. The molecule has 35 heavy (non-hydrogen) atoms. The van der Waals surface area contributed by atoms with Crippen molar-refractivity contribution in [3.63, 3.8) is 0 Å². The maximum atomic E-state index is 13.4. The molecule has 5 fully saturated rings. The predicted octanol–water partition coefficient (Wildman–Crippen LogP) is -0.861. The molecule has 1 aromatic rings. The van der Waals surface area contributed by atoms with Crippen molar-refractivity contribution in [1.82, 2.24) is 0 Å². The number of carbonyl (C=O) groups excluding carboxylic acids is 2. The van der Waals surface area contributed by atoms with Crippen LogP contribution in [0.3, 0.4) is 0 Å². The highest BCUT2D eigenvalue weighted by molar-refractivity contribution is 5.90. The summed E-state index contributed by atoms with van der Waals surface area (Å²) in [5, 5.41) is 40.5. The van der Waals surface area contributed by atoms with E-state index >= 15 is 0 Å². The number of carbonyl (C=O) groups is 2. The van der Waals surface area contributed by atoms with Crippen LogP contribution in [0.5, 0.6) is 0 Å². The van der Waals surface area contributed by atoms with Crippen LogP contribution in [0.1, 0.15) is 30.1 Å². The molecule has 0 aromatic heterocycles. The molecule has 5 aliphatic rings. The zero-order chi connectivity index (χ0) is 25.2. The van der Waals surface area contributed by atoms with Crippen LogP contribution in [0.4, 0.5) is 0 Å². The topological polar surface area (TPSA) is 161 Å². The van der Waals surface area contributed by atoms with Gasteiger partial charge in [0.25, 0.3) is 0 Å². The molecule has 11 nitrogen and oxygen atoms in total. The highest BCUT2D eigenvalue weighted by atomic mass is 16.7. The number of benzene rings is 1. The average molecular weight is 494 g/mol. The van der Waals surface area contributed by atoms with Crippen molar-refractivity contribution in [3.8, 4) is 0 Å². The fraction of sp³-hybridized carbons (Fsp3) is 0.667. The summed E-state index contributed by atoms with van der Waals surface area (Å²) in [7, 11) is 1.53. The van der Waals surface area contributed by atoms with Gasteiger partial charge in [-0.05, 0) is 25.5 Å². The minimum Gasteiger partial charge on any atom is -0.461 e. The lowest BCUT2D eigenvalue weighted by molar-refractivity contribution is -0.395. The second kappa shape index (κ2) is 8.48.